The minimum atomic E-state index is 0.775. The number of aromatic nitrogens is 1. The van der Waals surface area contributed by atoms with Gasteiger partial charge >= 0.3 is 0 Å². The second-order valence-corrected chi connectivity index (χ2v) is 5.70. The summed E-state index contributed by atoms with van der Waals surface area (Å²) in [6.45, 7) is 1.91. The van der Waals surface area contributed by atoms with Gasteiger partial charge < -0.3 is 14.6 Å². The molecule has 0 bridgehead atoms. The van der Waals surface area contributed by atoms with Crippen LogP contribution in [-0.4, -0.2) is 17.8 Å². The molecule has 5 nitrogen and oxygen atoms in total. The van der Waals surface area contributed by atoms with Crippen molar-refractivity contribution in [2.24, 2.45) is 5.16 Å². The first-order valence-corrected chi connectivity index (χ1v) is 7.97. The van der Waals surface area contributed by atoms with Crippen molar-refractivity contribution in [3.05, 3.63) is 66.4 Å². The molecule has 4 aromatic rings. The summed E-state index contributed by atoms with van der Waals surface area (Å²) in [4.78, 5) is 9.56. The van der Waals surface area contributed by atoms with E-state index in [9.17, 15) is 0 Å². The highest BCUT2D eigenvalue weighted by atomic mass is 16.6. The first-order valence-electron chi connectivity index (χ1n) is 7.97. The SMILES string of the molecule is CON=C(C)c1ccc(Nc2nc3ccccc3c3occc23)cc1. The molecule has 2 aromatic carbocycles. The molecular weight excluding hydrogens is 314 g/mol. The van der Waals surface area contributed by atoms with Crippen LogP contribution in [0.25, 0.3) is 21.9 Å². The fourth-order valence-corrected chi connectivity index (χ4v) is 2.86. The Kier molecular flexibility index (Phi) is 3.82. The van der Waals surface area contributed by atoms with Gasteiger partial charge in [0.15, 0.2) is 0 Å². The lowest BCUT2D eigenvalue weighted by Gasteiger charge is -2.09. The zero-order valence-electron chi connectivity index (χ0n) is 14.0. The molecule has 1 N–H and O–H groups in total. The predicted octanol–water partition coefficient (Wildman–Crippen LogP) is 5.10. The average molecular weight is 331 g/mol. The van der Waals surface area contributed by atoms with Gasteiger partial charge in [-0.1, -0.05) is 29.4 Å². The van der Waals surface area contributed by atoms with Crippen molar-refractivity contribution in [3.8, 4) is 0 Å². The number of hydrogen-bond donors (Lipinski definition) is 1. The molecule has 0 aliphatic rings. The molecule has 2 heterocycles. The molecule has 0 atom stereocenters. The number of fused-ring (bicyclic) bond motifs is 3. The van der Waals surface area contributed by atoms with Gasteiger partial charge in [-0.05, 0) is 42.8 Å². The Labute approximate surface area is 144 Å². The number of hydrogen-bond acceptors (Lipinski definition) is 5. The monoisotopic (exact) mass is 331 g/mol. The first kappa shape index (κ1) is 15.2. The minimum Gasteiger partial charge on any atom is -0.463 e. The van der Waals surface area contributed by atoms with Crippen molar-refractivity contribution in [1.29, 1.82) is 0 Å². The van der Waals surface area contributed by atoms with E-state index in [-0.39, 0.29) is 0 Å². The van der Waals surface area contributed by atoms with Crippen LogP contribution >= 0.6 is 0 Å². The second-order valence-electron chi connectivity index (χ2n) is 5.70. The summed E-state index contributed by atoms with van der Waals surface area (Å²) in [5.41, 5.74) is 4.52. The summed E-state index contributed by atoms with van der Waals surface area (Å²) in [7, 11) is 1.54. The van der Waals surface area contributed by atoms with E-state index in [4.69, 9.17) is 14.2 Å². The molecule has 0 amide bonds. The van der Waals surface area contributed by atoms with Gasteiger partial charge in [-0.25, -0.2) is 4.98 Å². The van der Waals surface area contributed by atoms with E-state index < -0.39 is 0 Å². The van der Waals surface area contributed by atoms with Crippen LogP contribution in [0.15, 0.2) is 70.4 Å². The normalized spacial score (nSPS) is 11.8. The van der Waals surface area contributed by atoms with Gasteiger partial charge in [-0.15, -0.1) is 0 Å². The Morgan fingerprint density at radius 1 is 1.04 bits per heavy atom. The number of nitrogens with zero attached hydrogens (tertiary/aromatic N) is 2. The van der Waals surface area contributed by atoms with Crippen LogP contribution in [-0.2, 0) is 4.84 Å². The third-order valence-electron chi connectivity index (χ3n) is 4.09. The van der Waals surface area contributed by atoms with E-state index in [1.54, 1.807) is 13.4 Å². The van der Waals surface area contributed by atoms with Crippen LogP contribution in [0.2, 0.25) is 0 Å². The third-order valence-corrected chi connectivity index (χ3v) is 4.09. The van der Waals surface area contributed by atoms with Crippen LogP contribution in [0.1, 0.15) is 12.5 Å². The van der Waals surface area contributed by atoms with E-state index in [2.05, 4.69) is 10.5 Å². The molecule has 5 heteroatoms. The molecule has 2 aromatic heterocycles. The molecule has 0 saturated carbocycles. The number of oxime groups is 1. The van der Waals surface area contributed by atoms with E-state index in [0.717, 1.165) is 44.7 Å². The van der Waals surface area contributed by atoms with Crippen molar-refractivity contribution in [1.82, 2.24) is 4.98 Å². The summed E-state index contributed by atoms with van der Waals surface area (Å²) in [6, 6.07) is 17.9. The number of rotatable bonds is 4. The lowest BCUT2D eigenvalue weighted by Crippen LogP contribution is -1.98. The molecule has 4 rings (SSSR count). The maximum atomic E-state index is 5.68. The molecule has 25 heavy (non-hydrogen) atoms. The van der Waals surface area contributed by atoms with Crippen LogP contribution in [0, 0.1) is 0 Å². The Morgan fingerprint density at radius 2 is 1.84 bits per heavy atom. The van der Waals surface area contributed by atoms with E-state index in [1.165, 1.54) is 0 Å². The van der Waals surface area contributed by atoms with Crippen LogP contribution in [0.5, 0.6) is 0 Å². The van der Waals surface area contributed by atoms with Crippen LogP contribution < -0.4 is 5.32 Å². The highest BCUT2D eigenvalue weighted by Crippen LogP contribution is 2.31. The molecule has 0 spiro atoms. The molecule has 0 saturated heterocycles. The van der Waals surface area contributed by atoms with Crippen molar-refractivity contribution in [2.75, 3.05) is 12.4 Å². The van der Waals surface area contributed by atoms with E-state index >= 15 is 0 Å². The minimum absolute atomic E-state index is 0.775. The molecule has 0 unspecified atom stereocenters. The van der Waals surface area contributed by atoms with Gasteiger partial charge in [0.1, 0.15) is 18.5 Å². The number of nitrogens with one attached hydrogen (secondary N) is 1. The maximum absolute atomic E-state index is 5.68. The van der Waals surface area contributed by atoms with Crippen LogP contribution in [0.3, 0.4) is 0 Å². The Hall–Kier alpha value is -3.34. The Balaban J connectivity index is 1.72. The number of pyridine rings is 1. The topological polar surface area (TPSA) is 59.6 Å². The maximum Gasteiger partial charge on any atom is 0.146 e. The number of benzene rings is 2. The fourth-order valence-electron chi connectivity index (χ4n) is 2.86. The van der Waals surface area contributed by atoms with Gasteiger partial charge in [0.05, 0.1) is 22.9 Å². The van der Waals surface area contributed by atoms with Gasteiger partial charge in [-0.3, -0.25) is 0 Å². The molecule has 0 aliphatic heterocycles. The predicted molar refractivity (Wildman–Crippen MR) is 100 cm³/mol. The molecule has 124 valence electrons. The number of para-hydroxylation sites is 1. The second kappa shape index (κ2) is 6.28. The number of anilines is 2. The van der Waals surface area contributed by atoms with Crippen molar-refractivity contribution in [3.63, 3.8) is 0 Å². The zero-order valence-corrected chi connectivity index (χ0v) is 14.0. The molecule has 0 radical (unpaired) electrons. The third kappa shape index (κ3) is 2.80. The quantitative estimate of drug-likeness (QED) is 0.418. The number of furan rings is 1. The molecule has 0 aliphatic carbocycles. The first-order chi connectivity index (χ1) is 12.3. The summed E-state index contributed by atoms with van der Waals surface area (Å²) < 4.78 is 5.68. The van der Waals surface area contributed by atoms with Crippen molar-refractivity contribution < 1.29 is 9.25 Å². The van der Waals surface area contributed by atoms with Crippen LogP contribution in [0.4, 0.5) is 11.5 Å². The van der Waals surface area contributed by atoms with E-state index in [0.29, 0.717) is 0 Å². The van der Waals surface area contributed by atoms with Gasteiger partial charge in [0.2, 0.25) is 0 Å². The molecular formula is C20H17N3O2. The van der Waals surface area contributed by atoms with E-state index in [1.807, 2.05) is 61.5 Å². The largest absolute Gasteiger partial charge is 0.463 e. The summed E-state index contributed by atoms with van der Waals surface area (Å²) >= 11 is 0. The van der Waals surface area contributed by atoms with Crippen molar-refractivity contribution >= 4 is 39.1 Å². The summed E-state index contributed by atoms with van der Waals surface area (Å²) in [5, 5.41) is 9.30. The Morgan fingerprint density at radius 3 is 2.64 bits per heavy atom. The summed E-state index contributed by atoms with van der Waals surface area (Å²) in [6.07, 6.45) is 1.69. The molecule has 0 fully saturated rings. The summed E-state index contributed by atoms with van der Waals surface area (Å²) in [5.74, 6) is 0.775. The lowest BCUT2D eigenvalue weighted by molar-refractivity contribution is 0.213. The fraction of sp³-hybridized carbons (Fsp3) is 0.100. The van der Waals surface area contributed by atoms with Crippen molar-refractivity contribution in [2.45, 2.75) is 6.92 Å². The van der Waals surface area contributed by atoms with Gasteiger partial charge in [0.25, 0.3) is 0 Å². The standard InChI is InChI=1S/C20H17N3O2/c1-13(23-24-2)14-7-9-15(10-8-14)21-20-17-11-12-25-19(17)16-5-3-4-6-18(16)22-20/h3-12H,1-2H3,(H,21,22). The highest BCUT2D eigenvalue weighted by molar-refractivity contribution is 6.07. The van der Waals surface area contributed by atoms with Gasteiger partial charge in [-0.2, -0.15) is 0 Å². The Bertz CT molecular complexity index is 1070. The highest BCUT2D eigenvalue weighted by Gasteiger charge is 2.11. The smallest absolute Gasteiger partial charge is 0.146 e. The average Bonchev–Trinajstić information content (AvgIpc) is 3.13. The van der Waals surface area contributed by atoms with Gasteiger partial charge in [0, 0.05) is 11.1 Å². The lowest BCUT2D eigenvalue weighted by atomic mass is 10.1. The zero-order chi connectivity index (χ0) is 17.2.